The third-order valence-corrected chi connectivity index (χ3v) is 5.02. The van der Waals surface area contributed by atoms with Gasteiger partial charge in [-0.15, -0.1) is 0 Å². The summed E-state index contributed by atoms with van der Waals surface area (Å²) < 4.78 is 10.2. The second-order valence-electron chi connectivity index (χ2n) is 6.68. The van der Waals surface area contributed by atoms with E-state index in [0.29, 0.717) is 34.0 Å². The number of rotatable bonds is 6. The van der Waals surface area contributed by atoms with E-state index in [9.17, 15) is 9.90 Å². The van der Waals surface area contributed by atoms with Gasteiger partial charge in [0.15, 0.2) is 6.29 Å². The van der Waals surface area contributed by atoms with Gasteiger partial charge >= 0.3 is 0 Å². The molecule has 10 heteroatoms. The minimum atomic E-state index is -0.0875. The van der Waals surface area contributed by atoms with Crippen LogP contribution in [0.15, 0.2) is 60.9 Å². The zero-order valence-electron chi connectivity index (χ0n) is 18.3. The number of methoxy groups -OCH3 is 2. The van der Waals surface area contributed by atoms with Crippen LogP contribution in [-0.4, -0.2) is 45.5 Å². The van der Waals surface area contributed by atoms with Crippen LogP contribution in [0.2, 0.25) is 10.6 Å². The van der Waals surface area contributed by atoms with E-state index in [1.807, 2.05) is 18.2 Å². The Morgan fingerprint density at radius 3 is 1.82 bits per heavy atom. The summed E-state index contributed by atoms with van der Waals surface area (Å²) in [5.41, 5.74) is 4.20. The highest BCUT2D eigenvalue weighted by Gasteiger charge is 2.07. The molecule has 34 heavy (non-hydrogen) atoms. The van der Waals surface area contributed by atoms with Crippen molar-refractivity contribution in [3.8, 4) is 34.0 Å². The smallest absolute Gasteiger partial charge is 0.222 e. The third-order valence-electron chi connectivity index (χ3n) is 4.65. The maximum Gasteiger partial charge on any atom is 0.222 e. The zero-order valence-corrected chi connectivity index (χ0v) is 19.8. The summed E-state index contributed by atoms with van der Waals surface area (Å²) in [5.74, 6) is 1.18. The van der Waals surface area contributed by atoms with Crippen LogP contribution in [0.25, 0.3) is 22.5 Å². The van der Waals surface area contributed by atoms with Crippen LogP contribution in [0.3, 0.4) is 0 Å². The molecule has 8 nitrogen and oxygen atoms in total. The highest BCUT2D eigenvalue weighted by atomic mass is 35.5. The quantitative estimate of drug-likeness (QED) is 0.295. The second-order valence-corrected chi connectivity index (χ2v) is 7.36. The second kappa shape index (κ2) is 12.0. The van der Waals surface area contributed by atoms with Gasteiger partial charge in [-0.3, -0.25) is 4.79 Å². The largest absolute Gasteiger partial charge is 0.496 e. The molecule has 0 saturated carbocycles. The first-order valence-corrected chi connectivity index (χ1v) is 10.6. The fourth-order valence-corrected chi connectivity index (χ4v) is 3.33. The molecule has 0 unspecified atom stereocenters. The first kappa shape index (κ1) is 25.0. The average Bonchev–Trinajstić information content (AvgIpc) is 2.88. The number of aliphatic hydroxyl groups excluding tert-OH is 1. The minimum absolute atomic E-state index is 0.0875. The van der Waals surface area contributed by atoms with E-state index in [2.05, 4.69) is 19.9 Å². The number of nitrogens with zero attached hydrogens (tertiary/aromatic N) is 4. The van der Waals surface area contributed by atoms with Crippen LogP contribution in [0.4, 0.5) is 0 Å². The highest BCUT2D eigenvalue weighted by molar-refractivity contribution is 6.28. The topological polar surface area (TPSA) is 107 Å². The first-order valence-electron chi connectivity index (χ1n) is 9.87. The van der Waals surface area contributed by atoms with E-state index >= 15 is 0 Å². The van der Waals surface area contributed by atoms with Gasteiger partial charge in [-0.1, -0.05) is 0 Å². The highest BCUT2D eigenvalue weighted by Crippen LogP contribution is 2.26. The van der Waals surface area contributed by atoms with Crippen molar-refractivity contribution in [2.75, 3.05) is 14.2 Å². The molecule has 0 bridgehead atoms. The van der Waals surface area contributed by atoms with Crippen molar-refractivity contribution >= 4 is 29.5 Å². The molecule has 0 aliphatic heterocycles. The van der Waals surface area contributed by atoms with Crippen molar-refractivity contribution in [2.45, 2.75) is 6.61 Å². The normalized spacial score (nSPS) is 10.1. The number of hydrogen-bond acceptors (Lipinski definition) is 8. The molecular formula is C24H20Cl2N4O4. The molecule has 0 fully saturated rings. The summed E-state index contributed by atoms with van der Waals surface area (Å²) in [6, 6.07) is 14.2. The van der Waals surface area contributed by atoms with E-state index in [-0.39, 0.29) is 17.2 Å². The van der Waals surface area contributed by atoms with Crippen LogP contribution in [0, 0.1) is 0 Å². The first-order chi connectivity index (χ1) is 16.5. The maximum absolute atomic E-state index is 10.9. The predicted molar refractivity (Wildman–Crippen MR) is 129 cm³/mol. The number of benzene rings is 2. The summed E-state index contributed by atoms with van der Waals surface area (Å²) in [4.78, 5) is 26.7. The molecule has 2 heterocycles. The Labute approximate surface area is 206 Å². The van der Waals surface area contributed by atoms with Gasteiger partial charge in [-0.25, -0.2) is 19.9 Å². The molecule has 4 rings (SSSR count). The van der Waals surface area contributed by atoms with Gasteiger partial charge in [0.05, 0.1) is 37.8 Å². The lowest BCUT2D eigenvalue weighted by molar-refractivity contribution is 0.112. The van der Waals surface area contributed by atoms with Crippen molar-refractivity contribution in [1.29, 1.82) is 0 Å². The Hall–Kier alpha value is -3.59. The molecule has 0 saturated heterocycles. The van der Waals surface area contributed by atoms with Crippen molar-refractivity contribution in [3.63, 3.8) is 0 Å². The fraction of sp³-hybridized carbons (Fsp3) is 0.125. The molecule has 2 aromatic heterocycles. The predicted octanol–water partition coefficient (Wildman–Crippen LogP) is 4.92. The lowest BCUT2D eigenvalue weighted by Gasteiger charge is -2.08. The number of halogens is 2. The van der Waals surface area contributed by atoms with Crippen molar-refractivity contribution in [3.05, 3.63) is 82.6 Å². The molecule has 0 radical (unpaired) electrons. The molecule has 0 aliphatic rings. The Kier molecular flexibility index (Phi) is 8.86. The summed E-state index contributed by atoms with van der Waals surface area (Å²) >= 11 is 11.4. The van der Waals surface area contributed by atoms with Gasteiger partial charge in [-0.05, 0) is 71.7 Å². The minimum Gasteiger partial charge on any atom is -0.496 e. The van der Waals surface area contributed by atoms with Gasteiger partial charge in [0.25, 0.3) is 0 Å². The number of carbonyl (C=O) groups excluding carboxylic acids is 1. The fourth-order valence-electron chi connectivity index (χ4n) is 3.04. The number of aromatic nitrogens is 4. The van der Waals surface area contributed by atoms with Gasteiger partial charge in [0.1, 0.15) is 11.5 Å². The Balaban J connectivity index is 0.000000191. The molecule has 0 spiro atoms. The summed E-state index contributed by atoms with van der Waals surface area (Å²) in [7, 11) is 3.08. The van der Waals surface area contributed by atoms with Crippen molar-refractivity contribution in [1.82, 2.24) is 19.9 Å². The van der Waals surface area contributed by atoms with Crippen molar-refractivity contribution < 1.29 is 19.4 Å². The Morgan fingerprint density at radius 1 is 0.824 bits per heavy atom. The lowest BCUT2D eigenvalue weighted by Crippen LogP contribution is -1.93. The molecule has 174 valence electrons. The van der Waals surface area contributed by atoms with Crippen molar-refractivity contribution in [2.24, 2.45) is 0 Å². The summed E-state index contributed by atoms with van der Waals surface area (Å²) in [5, 5.41) is 9.61. The number of hydrogen-bond donors (Lipinski definition) is 1. The molecule has 1 N–H and O–H groups in total. The molecular weight excluding hydrogens is 479 g/mol. The SMILES string of the molecule is COc1ccc(-c2ccnc(Cl)n2)cc1C=O.COc1ccc(-c2ccnc(Cl)n2)cc1CO. The van der Waals surface area contributed by atoms with Crippen LogP contribution in [0.1, 0.15) is 15.9 Å². The molecule has 4 aromatic rings. The van der Waals surface area contributed by atoms with E-state index in [0.717, 1.165) is 17.4 Å². The van der Waals surface area contributed by atoms with E-state index in [1.165, 1.54) is 7.11 Å². The maximum atomic E-state index is 10.9. The van der Waals surface area contributed by atoms with Crippen LogP contribution < -0.4 is 9.47 Å². The molecule has 2 aromatic carbocycles. The monoisotopic (exact) mass is 498 g/mol. The van der Waals surface area contributed by atoms with Crippen LogP contribution in [-0.2, 0) is 6.61 Å². The van der Waals surface area contributed by atoms with Gasteiger partial charge < -0.3 is 14.6 Å². The standard InChI is InChI=1S/C12H11ClN2O2.C12H9ClN2O2/c2*1-17-11-3-2-8(6-9(11)7-16)10-4-5-14-12(13)15-10/h2-6,16H,7H2,1H3;2-7H,1H3. The Bertz CT molecular complexity index is 1290. The number of aliphatic hydroxyl groups is 1. The van der Waals surface area contributed by atoms with Crippen LogP contribution in [0.5, 0.6) is 11.5 Å². The number of aldehydes is 1. The van der Waals surface area contributed by atoms with Gasteiger partial charge in [-0.2, -0.15) is 0 Å². The van der Waals surface area contributed by atoms with Crippen LogP contribution >= 0.6 is 23.2 Å². The number of ether oxygens (including phenoxy) is 2. The molecule has 0 aliphatic carbocycles. The average molecular weight is 499 g/mol. The van der Waals surface area contributed by atoms with Gasteiger partial charge in [0, 0.05) is 29.1 Å². The molecule has 0 amide bonds. The van der Waals surface area contributed by atoms with E-state index in [1.54, 1.807) is 49.8 Å². The van der Waals surface area contributed by atoms with E-state index in [4.69, 9.17) is 32.7 Å². The summed E-state index contributed by atoms with van der Waals surface area (Å²) in [6.45, 7) is -0.0875. The lowest BCUT2D eigenvalue weighted by atomic mass is 10.1. The third kappa shape index (κ3) is 6.26. The van der Waals surface area contributed by atoms with Gasteiger partial charge in [0.2, 0.25) is 10.6 Å². The summed E-state index contributed by atoms with van der Waals surface area (Å²) in [6.07, 6.45) is 3.90. The van der Waals surface area contributed by atoms with E-state index < -0.39 is 0 Å². The number of carbonyl (C=O) groups is 1. The Morgan fingerprint density at radius 2 is 1.35 bits per heavy atom. The molecule has 0 atom stereocenters. The zero-order chi connectivity index (χ0) is 24.5.